The van der Waals surface area contributed by atoms with Crippen molar-refractivity contribution in [3.63, 3.8) is 0 Å². The van der Waals surface area contributed by atoms with Crippen molar-refractivity contribution in [3.05, 3.63) is 88.4 Å². The number of aromatic nitrogens is 3. The summed E-state index contributed by atoms with van der Waals surface area (Å²) in [5.41, 5.74) is 15.5. The molecule has 0 fully saturated rings. The molecule has 0 saturated carbocycles. The van der Waals surface area contributed by atoms with Crippen LogP contribution in [0.5, 0.6) is 0 Å². The molecule has 0 amide bonds. The van der Waals surface area contributed by atoms with Gasteiger partial charge in [-0.1, -0.05) is 39.0 Å². The molecular weight excluding hydrogens is 498 g/mol. The Balaban J connectivity index is 1.39. The summed E-state index contributed by atoms with van der Waals surface area (Å²) in [5, 5.41) is 10.7. The van der Waals surface area contributed by atoms with Gasteiger partial charge in [-0.05, 0) is 74.5 Å². The van der Waals surface area contributed by atoms with Gasteiger partial charge in [0.2, 0.25) is 0 Å². The molecule has 8 nitrogen and oxygen atoms in total. The molecule has 1 radical (unpaired) electrons. The van der Waals surface area contributed by atoms with Gasteiger partial charge in [-0.25, -0.2) is 0 Å². The average Bonchev–Trinajstić information content (AvgIpc) is 3.58. The van der Waals surface area contributed by atoms with Gasteiger partial charge in [-0.2, -0.15) is 5.10 Å². The molecule has 1 aromatic carbocycles. The van der Waals surface area contributed by atoms with E-state index in [1.165, 1.54) is 5.56 Å². The number of fused-ring (bicyclic) bond motifs is 1. The van der Waals surface area contributed by atoms with Crippen LogP contribution in [0.25, 0.3) is 0 Å². The summed E-state index contributed by atoms with van der Waals surface area (Å²) >= 11 is 0. The van der Waals surface area contributed by atoms with E-state index in [9.17, 15) is 4.79 Å². The van der Waals surface area contributed by atoms with Crippen LogP contribution < -0.4 is 21.3 Å². The molecule has 5 rings (SSSR count). The van der Waals surface area contributed by atoms with Crippen LogP contribution in [0.3, 0.4) is 0 Å². The van der Waals surface area contributed by atoms with Crippen molar-refractivity contribution in [1.82, 2.24) is 25.6 Å². The van der Waals surface area contributed by atoms with Crippen LogP contribution in [0.2, 0.25) is 0 Å². The zero-order valence-corrected chi connectivity index (χ0v) is 24.8. The smallest absolute Gasteiger partial charge is 0.165 e. The monoisotopic (exact) mass is 540 g/mol. The standard InChI is InChI=1S/C32H42N7O/c1-8-39-28-14-13-25(22(4)30(28)35-37-39)29(32(5,6)31(40)23-11-12-23)27-17-24(38(7)36-27)19-33-18-20(2)16-26-21(3)10-9-15-34-26/h9-15,17,20,29,33,35,37H,8,16,18-19H2,1-7H3/t20-,29-/m0/s1. The molecule has 0 saturated heterocycles. The van der Waals surface area contributed by atoms with Gasteiger partial charge in [0.1, 0.15) is 0 Å². The Morgan fingerprint density at radius 2 is 1.98 bits per heavy atom. The third-order valence-corrected chi connectivity index (χ3v) is 8.37. The fourth-order valence-electron chi connectivity index (χ4n) is 5.87. The zero-order chi connectivity index (χ0) is 28.6. The summed E-state index contributed by atoms with van der Waals surface area (Å²) in [4.78, 5) is 18.1. The van der Waals surface area contributed by atoms with Gasteiger partial charge >= 0.3 is 0 Å². The van der Waals surface area contributed by atoms with Crippen molar-refractivity contribution in [3.8, 4) is 0 Å². The molecule has 3 N–H and O–H groups in total. The number of aryl methyl sites for hydroxylation is 2. The van der Waals surface area contributed by atoms with Crippen molar-refractivity contribution in [2.75, 3.05) is 23.5 Å². The van der Waals surface area contributed by atoms with E-state index in [4.69, 9.17) is 5.10 Å². The van der Waals surface area contributed by atoms with E-state index in [0.29, 0.717) is 12.5 Å². The third kappa shape index (κ3) is 5.43. The molecule has 2 atom stereocenters. The van der Waals surface area contributed by atoms with E-state index >= 15 is 0 Å². The maximum absolute atomic E-state index is 13.6. The molecule has 0 unspecified atom stereocenters. The summed E-state index contributed by atoms with van der Waals surface area (Å²) in [6.07, 6.45) is 6.62. The first kappa shape index (κ1) is 28.1. The number of pyridine rings is 1. The Morgan fingerprint density at radius 1 is 1.20 bits per heavy atom. The Morgan fingerprint density at radius 3 is 2.67 bits per heavy atom. The number of hydrogen-bond acceptors (Lipinski definition) is 7. The maximum atomic E-state index is 13.6. The van der Waals surface area contributed by atoms with Crippen LogP contribution in [-0.4, -0.2) is 33.6 Å². The molecule has 40 heavy (non-hydrogen) atoms. The fraction of sp³-hybridized carbons (Fsp3) is 0.438. The number of nitrogens with zero attached hydrogens (tertiary/aromatic N) is 4. The molecule has 1 aliphatic carbocycles. The van der Waals surface area contributed by atoms with Gasteiger partial charge in [-0.15, -0.1) is 5.53 Å². The number of hydrazine groups is 2. The predicted molar refractivity (Wildman–Crippen MR) is 161 cm³/mol. The van der Waals surface area contributed by atoms with Crippen LogP contribution in [-0.2, 0) is 24.8 Å². The first-order valence-corrected chi connectivity index (χ1v) is 14.3. The molecule has 3 aromatic rings. The summed E-state index contributed by atoms with van der Waals surface area (Å²) < 4.78 is 1.95. The second-order valence-electron chi connectivity index (χ2n) is 11.8. The minimum Gasteiger partial charge on any atom is -0.311 e. The summed E-state index contributed by atoms with van der Waals surface area (Å²) in [5.74, 6) is 0.401. The maximum Gasteiger partial charge on any atom is 0.165 e. The van der Waals surface area contributed by atoms with Gasteiger partial charge in [0.15, 0.2) is 5.78 Å². The van der Waals surface area contributed by atoms with E-state index in [1.807, 2.05) is 36.5 Å². The summed E-state index contributed by atoms with van der Waals surface area (Å²) in [6.45, 7) is 15.1. The summed E-state index contributed by atoms with van der Waals surface area (Å²) in [7, 11) is 1.99. The van der Waals surface area contributed by atoms with Crippen molar-refractivity contribution >= 4 is 17.2 Å². The molecule has 2 aliphatic rings. The number of nitrogens with one attached hydrogen (secondary N) is 3. The topological polar surface area (TPSA) is 87.1 Å². The van der Waals surface area contributed by atoms with E-state index < -0.39 is 5.41 Å². The number of rotatable bonds is 12. The fourth-order valence-corrected chi connectivity index (χ4v) is 5.87. The second-order valence-corrected chi connectivity index (χ2v) is 11.8. The second kappa shape index (κ2) is 11.2. The van der Waals surface area contributed by atoms with E-state index in [1.54, 1.807) is 0 Å². The zero-order valence-electron chi connectivity index (χ0n) is 24.8. The number of carbonyl (C=O) groups excluding carboxylic acids is 1. The highest BCUT2D eigenvalue weighted by atomic mass is 16.1. The Labute approximate surface area is 238 Å². The molecule has 0 bridgehead atoms. The van der Waals surface area contributed by atoms with Gasteiger partial charge in [0.25, 0.3) is 0 Å². The van der Waals surface area contributed by atoms with Gasteiger partial charge in [0.05, 0.1) is 22.8 Å². The molecule has 0 spiro atoms. The van der Waals surface area contributed by atoms with Crippen LogP contribution in [0.4, 0.5) is 11.4 Å². The first-order valence-electron chi connectivity index (χ1n) is 14.3. The van der Waals surface area contributed by atoms with Crippen LogP contribution in [0.1, 0.15) is 67.4 Å². The minimum atomic E-state index is -0.678. The number of carbonyl (C=O) groups is 1. The number of allylic oxidation sites excluding steroid dienone is 2. The van der Waals surface area contributed by atoms with E-state index in [0.717, 1.165) is 64.7 Å². The van der Waals surface area contributed by atoms with Crippen molar-refractivity contribution < 1.29 is 4.79 Å². The highest BCUT2D eigenvalue weighted by molar-refractivity contribution is 6.07. The lowest BCUT2D eigenvalue weighted by atomic mass is 9.68. The lowest BCUT2D eigenvalue weighted by Gasteiger charge is -2.33. The molecule has 8 heteroatoms. The van der Waals surface area contributed by atoms with E-state index in [2.05, 4.69) is 92.1 Å². The summed E-state index contributed by atoms with van der Waals surface area (Å²) in [6, 6.07) is 10.6. The number of Topliss-reactive ketones (excluding diaryl/α,β-unsaturated/α-hetero) is 1. The third-order valence-electron chi connectivity index (χ3n) is 8.37. The van der Waals surface area contributed by atoms with Crippen LogP contribution in [0.15, 0.2) is 48.2 Å². The minimum absolute atomic E-state index is 0.155. The molecule has 2 aromatic heterocycles. The van der Waals surface area contributed by atoms with Crippen molar-refractivity contribution in [2.45, 2.75) is 60.4 Å². The number of anilines is 2. The molecule has 1 aliphatic heterocycles. The molecular formula is C32H42N7O. The van der Waals surface area contributed by atoms with E-state index in [-0.39, 0.29) is 11.7 Å². The highest BCUT2D eigenvalue weighted by Gasteiger charge is 2.44. The number of hydrogen-bond donors (Lipinski definition) is 3. The number of benzene rings is 1. The lowest BCUT2D eigenvalue weighted by Crippen LogP contribution is -2.35. The van der Waals surface area contributed by atoms with Crippen molar-refractivity contribution in [2.24, 2.45) is 18.4 Å². The Hall–Kier alpha value is -3.49. The largest absolute Gasteiger partial charge is 0.311 e. The molecule has 3 heterocycles. The predicted octanol–water partition coefficient (Wildman–Crippen LogP) is 4.94. The SMILES string of the molecule is CCN1NNc2c1ccc([C@@H](c1cc(CNC[C@@H](C)Cc3ncccc3C)n(C)n1)C(C)(C)C(=O)C1=C[CH]1)c2C. The first-order chi connectivity index (χ1) is 19.1. The lowest BCUT2D eigenvalue weighted by molar-refractivity contribution is -0.123. The van der Waals surface area contributed by atoms with Gasteiger partial charge < -0.3 is 10.7 Å². The van der Waals surface area contributed by atoms with Crippen LogP contribution >= 0.6 is 0 Å². The average molecular weight is 541 g/mol. The number of ketones is 1. The quantitative estimate of drug-likeness (QED) is 0.300. The van der Waals surface area contributed by atoms with Crippen molar-refractivity contribution in [1.29, 1.82) is 0 Å². The Kier molecular flexibility index (Phi) is 7.84. The van der Waals surface area contributed by atoms with Gasteiger partial charge in [0, 0.05) is 55.4 Å². The molecule has 211 valence electrons. The Bertz CT molecular complexity index is 1440. The van der Waals surface area contributed by atoms with Gasteiger partial charge in [-0.3, -0.25) is 19.5 Å². The highest BCUT2D eigenvalue weighted by Crippen LogP contribution is 2.48. The van der Waals surface area contributed by atoms with Crippen LogP contribution in [0, 0.1) is 31.6 Å². The normalized spacial score (nSPS) is 15.9.